The highest BCUT2D eigenvalue weighted by Gasteiger charge is 2.19. The van der Waals surface area contributed by atoms with Gasteiger partial charge in [-0.15, -0.1) is 0 Å². The third-order valence-corrected chi connectivity index (χ3v) is 5.15. The van der Waals surface area contributed by atoms with E-state index in [0.717, 1.165) is 12.1 Å². The summed E-state index contributed by atoms with van der Waals surface area (Å²) in [7, 11) is -3.26. The monoisotopic (exact) mass is 304 g/mol. The van der Waals surface area contributed by atoms with Crippen LogP contribution in [0.1, 0.15) is 19.0 Å². The Morgan fingerprint density at radius 1 is 1.10 bits per heavy atom. The van der Waals surface area contributed by atoms with Gasteiger partial charge in [0.2, 0.25) is 0 Å². The lowest BCUT2D eigenvalue weighted by Crippen LogP contribution is -2.35. The van der Waals surface area contributed by atoms with Gasteiger partial charge in [-0.25, -0.2) is 8.42 Å². The van der Waals surface area contributed by atoms with E-state index in [9.17, 15) is 8.42 Å². The molecular formula is C16H20N2O2S. The van der Waals surface area contributed by atoms with Crippen LogP contribution in [0.4, 0.5) is 0 Å². The van der Waals surface area contributed by atoms with Crippen LogP contribution in [-0.2, 0) is 16.4 Å². The number of nitrogens with one attached hydrogen (secondary N) is 1. The first-order valence-corrected chi connectivity index (χ1v) is 8.68. The van der Waals surface area contributed by atoms with Gasteiger partial charge in [0.15, 0.2) is 9.84 Å². The lowest BCUT2D eigenvalue weighted by atomic mass is 10.2. The van der Waals surface area contributed by atoms with Crippen molar-refractivity contribution in [3.05, 3.63) is 60.4 Å². The second-order valence-corrected chi connectivity index (χ2v) is 6.94. The van der Waals surface area contributed by atoms with Crippen molar-refractivity contribution < 1.29 is 8.42 Å². The Balaban J connectivity index is 1.99. The molecule has 0 saturated heterocycles. The summed E-state index contributed by atoms with van der Waals surface area (Å²) in [6.07, 6.45) is 2.48. The molecule has 0 spiro atoms. The van der Waals surface area contributed by atoms with E-state index in [1.54, 1.807) is 30.5 Å². The first-order valence-electron chi connectivity index (χ1n) is 7.03. The van der Waals surface area contributed by atoms with Gasteiger partial charge in [0.25, 0.3) is 0 Å². The maximum atomic E-state index is 12.4. The predicted octanol–water partition coefficient (Wildman–Crippen LogP) is 2.42. The minimum atomic E-state index is -3.26. The molecule has 112 valence electrons. The molecule has 0 aliphatic heterocycles. The van der Waals surface area contributed by atoms with Gasteiger partial charge in [0.1, 0.15) is 0 Å². The normalized spacial score (nSPS) is 13.0. The predicted molar refractivity (Wildman–Crippen MR) is 83.7 cm³/mol. The van der Waals surface area contributed by atoms with E-state index in [1.165, 1.54) is 0 Å². The van der Waals surface area contributed by atoms with E-state index in [-0.39, 0.29) is 11.8 Å². The molecule has 0 bridgehead atoms. The molecule has 2 aromatic rings. The molecule has 0 aliphatic carbocycles. The summed E-state index contributed by atoms with van der Waals surface area (Å²) in [4.78, 5) is 4.61. The third kappa shape index (κ3) is 4.65. The highest BCUT2D eigenvalue weighted by molar-refractivity contribution is 7.91. The molecule has 1 aromatic carbocycles. The zero-order chi connectivity index (χ0) is 15.1. The van der Waals surface area contributed by atoms with Crippen molar-refractivity contribution in [2.45, 2.75) is 30.8 Å². The van der Waals surface area contributed by atoms with Crippen LogP contribution in [0, 0.1) is 0 Å². The molecule has 1 aromatic heterocycles. The number of hydrogen-bond acceptors (Lipinski definition) is 4. The topological polar surface area (TPSA) is 59.1 Å². The number of pyridine rings is 1. The smallest absolute Gasteiger partial charge is 0.179 e. The van der Waals surface area contributed by atoms with E-state index in [0.29, 0.717) is 11.4 Å². The molecule has 1 N–H and O–H groups in total. The van der Waals surface area contributed by atoms with Gasteiger partial charge < -0.3 is 5.32 Å². The van der Waals surface area contributed by atoms with E-state index in [1.807, 2.05) is 31.2 Å². The Labute approximate surface area is 126 Å². The summed E-state index contributed by atoms with van der Waals surface area (Å²) < 4.78 is 24.7. The van der Waals surface area contributed by atoms with Crippen molar-refractivity contribution in [1.82, 2.24) is 10.3 Å². The number of nitrogens with zero attached hydrogens (tertiary/aromatic N) is 1. The van der Waals surface area contributed by atoms with Crippen LogP contribution >= 0.6 is 0 Å². The average molecular weight is 304 g/mol. The molecule has 0 aliphatic rings. The Bertz CT molecular complexity index is 642. The standard InChI is InChI=1S/C16H20N2O2S/c1-2-14(18-12-15-8-6-7-11-17-15)13-21(19,20)16-9-4-3-5-10-16/h3-11,14,18H,2,12-13H2,1H3. The van der Waals surface area contributed by atoms with Gasteiger partial charge in [-0.1, -0.05) is 31.2 Å². The Morgan fingerprint density at radius 2 is 1.81 bits per heavy atom. The van der Waals surface area contributed by atoms with Gasteiger partial charge >= 0.3 is 0 Å². The van der Waals surface area contributed by atoms with Gasteiger partial charge in [-0.2, -0.15) is 0 Å². The van der Waals surface area contributed by atoms with Crippen LogP contribution in [0.5, 0.6) is 0 Å². The van der Waals surface area contributed by atoms with Crippen LogP contribution in [0.25, 0.3) is 0 Å². The zero-order valence-corrected chi connectivity index (χ0v) is 12.9. The zero-order valence-electron chi connectivity index (χ0n) is 12.1. The van der Waals surface area contributed by atoms with Gasteiger partial charge in [0.05, 0.1) is 16.3 Å². The van der Waals surface area contributed by atoms with Crippen molar-refractivity contribution >= 4 is 9.84 Å². The summed E-state index contributed by atoms with van der Waals surface area (Å²) in [5.41, 5.74) is 0.910. The molecule has 1 heterocycles. The van der Waals surface area contributed by atoms with E-state index >= 15 is 0 Å². The minimum absolute atomic E-state index is 0.0859. The molecule has 0 radical (unpaired) electrons. The summed E-state index contributed by atoms with van der Waals surface area (Å²) in [5, 5.41) is 3.27. The molecule has 1 atom stereocenters. The molecule has 21 heavy (non-hydrogen) atoms. The number of sulfone groups is 1. The van der Waals surface area contributed by atoms with E-state index in [4.69, 9.17) is 0 Å². The Morgan fingerprint density at radius 3 is 2.43 bits per heavy atom. The van der Waals surface area contributed by atoms with Crippen LogP contribution in [0.3, 0.4) is 0 Å². The number of rotatable bonds is 7. The summed E-state index contributed by atoms with van der Waals surface area (Å²) in [6, 6.07) is 14.2. The lowest BCUT2D eigenvalue weighted by molar-refractivity contribution is 0.516. The molecule has 5 heteroatoms. The van der Waals surface area contributed by atoms with Crippen molar-refractivity contribution in [3.8, 4) is 0 Å². The fraction of sp³-hybridized carbons (Fsp3) is 0.312. The molecule has 4 nitrogen and oxygen atoms in total. The second kappa shape index (κ2) is 7.33. The number of hydrogen-bond donors (Lipinski definition) is 1. The largest absolute Gasteiger partial charge is 0.307 e. The maximum Gasteiger partial charge on any atom is 0.179 e. The van der Waals surface area contributed by atoms with Gasteiger partial charge in [-0.05, 0) is 30.7 Å². The summed E-state index contributed by atoms with van der Waals surface area (Å²) in [5.74, 6) is 0.0976. The van der Waals surface area contributed by atoms with Crippen LogP contribution in [0.2, 0.25) is 0 Å². The lowest BCUT2D eigenvalue weighted by Gasteiger charge is -2.17. The van der Waals surface area contributed by atoms with Crippen molar-refractivity contribution in [3.63, 3.8) is 0 Å². The first kappa shape index (κ1) is 15.7. The van der Waals surface area contributed by atoms with Crippen molar-refractivity contribution in [2.75, 3.05) is 5.75 Å². The van der Waals surface area contributed by atoms with E-state index in [2.05, 4.69) is 10.3 Å². The highest BCUT2D eigenvalue weighted by Crippen LogP contribution is 2.12. The SMILES string of the molecule is CCC(CS(=O)(=O)c1ccccc1)NCc1ccccn1. The summed E-state index contributed by atoms with van der Waals surface area (Å²) in [6.45, 7) is 2.56. The molecule has 2 rings (SSSR count). The number of aromatic nitrogens is 1. The fourth-order valence-corrected chi connectivity index (χ4v) is 3.71. The third-order valence-electron chi connectivity index (χ3n) is 3.31. The highest BCUT2D eigenvalue weighted by atomic mass is 32.2. The van der Waals surface area contributed by atoms with Crippen LogP contribution < -0.4 is 5.32 Å². The second-order valence-electron chi connectivity index (χ2n) is 4.90. The van der Waals surface area contributed by atoms with Gasteiger partial charge in [0, 0.05) is 18.8 Å². The molecule has 1 unspecified atom stereocenters. The van der Waals surface area contributed by atoms with Crippen molar-refractivity contribution in [1.29, 1.82) is 0 Å². The molecule has 0 fully saturated rings. The van der Waals surface area contributed by atoms with Crippen LogP contribution in [0.15, 0.2) is 59.6 Å². The molecule has 0 saturated carbocycles. The van der Waals surface area contributed by atoms with Crippen LogP contribution in [-0.4, -0.2) is 25.2 Å². The quantitative estimate of drug-likeness (QED) is 0.853. The Hall–Kier alpha value is -1.72. The minimum Gasteiger partial charge on any atom is -0.307 e. The average Bonchev–Trinajstić information content (AvgIpc) is 2.53. The van der Waals surface area contributed by atoms with Crippen molar-refractivity contribution in [2.24, 2.45) is 0 Å². The number of benzene rings is 1. The maximum absolute atomic E-state index is 12.4. The van der Waals surface area contributed by atoms with E-state index < -0.39 is 9.84 Å². The summed E-state index contributed by atoms with van der Waals surface area (Å²) >= 11 is 0. The Kier molecular flexibility index (Phi) is 5.47. The molecular weight excluding hydrogens is 284 g/mol. The molecule has 0 amide bonds. The first-order chi connectivity index (χ1) is 10.1. The van der Waals surface area contributed by atoms with Gasteiger partial charge in [-0.3, -0.25) is 4.98 Å². The fourth-order valence-electron chi connectivity index (χ4n) is 2.06.